The van der Waals surface area contributed by atoms with E-state index in [1.807, 2.05) is 30.3 Å². The fourth-order valence-corrected chi connectivity index (χ4v) is 3.17. The normalized spacial score (nSPS) is 10.7. The van der Waals surface area contributed by atoms with E-state index in [9.17, 15) is 14.7 Å². The van der Waals surface area contributed by atoms with Crippen LogP contribution in [0.5, 0.6) is 11.5 Å². The highest BCUT2D eigenvalue weighted by molar-refractivity contribution is 5.96. The minimum atomic E-state index is -1.32. The molecule has 0 unspecified atom stereocenters. The minimum absolute atomic E-state index is 0.00407. The number of hydrogen-bond acceptors (Lipinski definition) is 5. The van der Waals surface area contributed by atoms with Crippen molar-refractivity contribution in [3.63, 3.8) is 0 Å². The van der Waals surface area contributed by atoms with Crippen molar-refractivity contribution in [3.05, 3.63) is 94.3 Å². The second-order valence-electron chi connectivity index (χ2n) is 6.60. The molecule has 0 bridgehead atoms. The molecule has 6 nitrogen and oxygen atoms in total. The van der Waals surface area contributed by atoms with Gasteiger partial charge in [-0.15, -0.1) is 0 Å². The molecule has 0 aliphatic heterocycles. The number of carboxylic acids is 1. The van der Waals surface area contributed by atoms with E-state index in [1.54, 1.807) is 36.4 Å². The lowest BCUT2D eigenvalue weighted by Crippen LogP contribution is -2.12. The Hall–Kier alpha value is -4.06. The van der Waals surface area contributed by atoms with Gasteiger partial charge in [0.25, 0.3) is 0 Å². The van der Waals surface area contributed by atoms with Crippen LogP contribution in [0.2, 0.25) is 0 Å². The molecular weight excluding hydrogens is 384 g/mol. The van der Waals surface area contributed by atoms with E-state index >= 15 is 0 Å². The fourth-order valence-electron chi connectivity index (χ4n) is 3.17. The zero-order valence-corrected chi connectivity index (χ0v) is 16.1. The van der Waals surface area contributed by atoms with Crippen LogP contribution in [0.1, 0.15) is 16.1 Å². The quantitative estimate of drug-likeness (QED) is 0.501. The van der Waals surface area contributed by atoms with Gasteiger partial charge in [0.15, 0.2) is 0 Å². The van der Waals surface area contributed by atoms with E-state index in [2.05, 4.69) is 0 Å². The number of benzene rings is 3. The average molecular weight is 402 g/mol. The summed E-state index contributed by atoms with van der Waals surface area (Å²) in [4.78, 5) is 24.9. The summed E-state index contributed by atoms with van der Waals surface area (Å²) < 4.78 is 16.5. The first-order valence-electron chi connectivity index (χ1n) is 9.22. The van der Waals surface area contributed by atoms with Crippen LogP contribution in [0.15, 0.2) is 82.0 Å². The maximum absolute atomic E-state index is 13.1. The van der Waals surface area contributed by atoms with E-state index in [4.69, 9.17) is 13.9 Å². The highest BCUT2D eigenvalue weighted by atomic mass is 16.5. The summed E-state index contributed by atoms with van der Waals surface area (Å²) in [6.07, 6.45) is 0. The smallest absolute Gasteiger partial charge is 0.372 e. The Bertz CT molecular complexity index is 1260. The molecule has 0 spiro atoms. The van der Waals surface area contributed by atoms with Gasteiger partial charge >= 0.3 is 5.97 Å². The van der Waals surface area contributed by atoms with E-state index in [1.165, 1.54) is 13.2 Å². The lowest BCUT2D eigenvalue weighted by atomic mass is 10.0. The maximum atomic E-state index is 13.1. The predicted octanol–water partition coefficient (Wildman–Crippen LogP) is 4.75. The van der Waals surface area contributed by atoms with Gasteiger partial charge in [-0.25, -0.2) is 4.79 Å². The van der Waals surface area contributed by atoms with Crippen LogP contribution >= 0.6 is 0 Å². The van der Waals surface area contributed by atoms with Crippen molar-refractivity contribution < 1.29 is 23.8 Å². The van der Waals surface area contributed by atoms with Crippen molar-refractivity contribution in [2.45, 2.75) is 6.61 Å². The molecule has 4 aromatic rings. The molecule has 0 fully saturated rings. The summed E-state index contributed by atoms with van der Waals surface area (Å²) in [5.41, 5.74) is 1.15. The first kappa shape index (κ1) is 19.3. The van der Waals surface area contributed by atoms with Crippen molar-refractivity contribution >= 4 is 16.9 Å². The molecule has 0 radical (unpaired) electrons. The van der Waals surface area contributed by atoms with Crippen LogP contribution in [0.4, 0.5) is 0 Å². The van der Waals surface area contributed by atoms with Gasteiger partial charge in [0.1, 0.15) is 23.7 Å². The summed E-state index contributed by atoms with van der Waals surface area (Å²) in [5.74, 6) is -0.669. The van der Waals surface area contributed by atoms with Crippen molar-refractivity contribution in [2.24, 2.45) is 0 Å². The zero-order valence-electron chi connectivity index (χ0n) is 16.1. The van der Waals surface area contributed by atoms with Crippen LogP contribution in [-0.4, -0.2) is 18.2 Å². The SMILES string of the molecule is COc1ccc(-c2c(C(=O)O)oc3cc(OCc4ccccc4)ccc3c2=O)cc1. The Morgan fingerprint density at radius 1 is 0.967 bits per heavy atom. The molecular formula is C24H18O6. The van der Waals surface area contributed by atoms with Gasteiger partial charge in [0.2, 0.25) is 11.2 Å². The second-order valence-corrected chi connectivity index (χ2v) is 6.60. The lowest BCUT2D eigenvalue weighted by Gasteiger charge is -2.10. The van der Waals surface area contributed by atoms with Crippen molar-refractivity contribution in [1.82, 2.24) is 0 Å². The molecule has 0 aliphatic carbocycles. The molecule has 0 saturated heterocycles. The van der Waals surface area contributed by atoms with Crippen LogP contribution in [-0.2, 0) is 6.61 Å². The van der Waals surface area contributed by atoms with Gasteiger partial charge in [-0.2, -0.15) is 0 Å². The van der Waals surface area contributed by atoms with Crippen LogP contribution in [0.25, 0.3) is 22.1 Å². The van der Waals surface area contributed by atoms with Crippen molar-refractivity contribution in [3.8, 4) is 22.6 Å². The van der Waals surface area contributed by atoms with Gasteiger partial charge in [0.05, 0.1) is 18.1 Å². The number of hydrogen-bond donors (Lipinski definition) is 1. The molecule has 0 aliphatic rings. The van der Waals surface area contributed by atoms with Crippen LogP contribution in [0.3, 0.4) is 0 Å². The predicted molar refractivity (Wildman–Crippen MR) is 112 cm³/mol. The number of aromatic carboxylic acids is 1. The first-order valence-corrected chi connectivity index (χ1v) is 9.22. The minimum Gasteiger partial charge on any atom is -0.497 e. The van der Waals surface area contributed by atoms with Gasteiger partial charge in [-0.1, -0.05) is 42.5 Å². The number of fused-ring (bicyclic) bond motifs is 1. The van der Waals surface area contributed by atoms with Crippen molar-refractivity contribution in [2.75, 3.05) is 7.11 Å². The third-order valence-electron chi connectivity index (χ3n) is 4.69. The summed E-state index contributed by atoms with van der Waals surface area (Å²) in [6, 6.07) is 21.0. The van der Waals surface area contributed by atoms with E-state index in [0.29, 0.717) is 23.7 Å². The highest BCUT2D eigenvalue weighted by Gasteiger charge is 2.21. The first-order chi connectivity index (χ1) is 14.6. The number of methoxy groups -OCH3 is 1. The number of carbonyl (C=O) groups is 1. The summed E-state index contributed by atoms with van der Waals surface area (Å²) in [5, 5.41) is 9.92. The highest BCUT2D eigenvalue weighted by Crippen LogP contribution is 2.28. The third-order valence-corrected chi connectivity index (χ3v) is 4.69. The standard InChI is InChI=1S/C24H18O6/c1-28-17-9-7-16(8-10-17)21-22(25)19-12-11-18(13-20(19)30-23(21)24(26)27)29-14-15-5-3-2-4-6-15/h2-13H,14H2,1H3,(H,26,27). The molecule has 0 atom stereocenters. The molecule has 4 rings (SSSR count). The molecule has 1 aromatic heterocycles. The molecule has 150 valence electrons. The number of ether oxygens (including phenoxy) is 2. The fraction of sp³-hybridized carbons (Fsp3) is 0.0833. The largest absolute Gasteiger partial charge is 0.497 e. The van der Waals surface area contributed by atoms with Gasteiger partial charge in [0, 0.05) is 6.07 Å². The number of rotatable bonds is 6. The molecule has 3 aromatic carbocycles. The Kier molecular flexibility index (Phi) is 5.22. The van der Waals surface area contributed by atoms with Crippen LogP contribution in [0, 0.1) is 0 Å². The topological polar surface area (TPSA) is 86.0 Å². The third kappa shape index (κ3) is 3.75. The summed E-state index contributed by atoms with van der Waals surface area (Å²) in [7, 11) is 1.53. The lowest BCUT2D eigenvalue weighted by molar-refractivity contribution is 0.0664. The second kappa shape index (κ2) is 8.13. The number of carboxylic acid groups (broad SMARTS) is 1. The Balaban J connectivity index is 1.76. The summed E-state index contributed by atoms with van der Waals surface area (Å²) >= 11 is 0. The van der Waals surface area contributed by atoms with E-state index < -0.39 is 17.2 Å². The van der Waals surface area contributed by atoms with E-state index in [-0.39, 0.29) is 16.5 Å². The van der Waals surface area contributed by atoms with Gasteiger partial charge < -0.3 is 19.0 Å². The van der Waals surface area contributed by atoms with Crippen LogP contribution < -0.4 is 14.9 Å². The Morgan fingerprint density at radius 2 is 1.67 bits per heavy atom. The summed E-state index contributed by atoms with van der Waals surface area (Å²) in [6.45, 7) is 0.340. The van der Waals surface area contributed by atoms with Crippen molar-refractivity contribution in [1.29, 1.82) is 0 Å². The maximum Gasteiger partial charge on any atom is 0.372 e. The van der Waals surface area contributed by atoms with Gasteiger partial charge in [-0.05, 0) is 35.4 Å². The molecule has 0 amide bonds. The van der Waals surface area contributed by atoms with E-state index in [0.717, 1.165) is 5.56 Å². The molecule has 6 heteroatoms. The molecule has 30 heavy (non-hydrogen) atoms. The average Bonchev–Trinajstić information content (AvgIpc) is 2.78. The Morgan fingerprint density at radius 3 is 2.33 bits per heavy atom. The monoisotopic (exact) mass is 402 g/mol. The molecule has 0 saturated carbocycles. The Labute approximate surface area is 171 Å². The molecule has 1 heterocycles. The van der Waals surface area contributed by atoms with Gasteiger partial charge in [-0.3, -0.25) is 4.79 Å². The zero-order chi connectivity index (χ0) is 21.1. The molecule has 1 N–H and O–H groups in total.